The van der Waals surface area contributed by atoms with E-state index in [4.69, 9.17) is 0 Å². The normalized spacial score (nSPS) is 7.20. The molecule has 0 atom stereocenters. The van der Waals surface area contributed by atoms with Gasteiger partial charge in [0.15, 0.2) is 0 Å². The number of nitrogens with two attached hydrogens (primary N) is 2. The molecule has 0 aromatic heterocycles. The summed E-state index contributed by atoms with van der Waals surface area (Å²) in [5, 5.41) is 4.50. The summed E-state index contributed by atoms with van der Waals surface area (Å²) in [5.41, 5.74) is 4.50. The maximum absolute atomic E-state index is 4.50. The quantitative estimate of drug-likeness (QED) is 0.120. The Kier molecular flexibility index (Phi) is 44.1. The van der Waals surface area contributed by atoms with Gasteiger partial charge in [-0.2, -0.15) is 0 Å². The maximum atomic E-state index is 4.50. The third-order valence-corrected chi connectivity index (χ3v) is 0. The first-order valence-electron chi connectivity index (χ1n) is 1.42. The van der Waals surface area contributed by atoms with Gasteiger partial charge in [0.2, 0.25) is 6.34 Å². The van der Waals surface area contributed by atoms with Crippen molar-refractivity contribution < 1.29 is 74.3 Å². The Balaban J connectivity index is -0.0000000326. The van der Waals surface area contributed by atoms with Gasteiger partial charge in [0.1, 0.15) is 0 Å². The van der Waals surface area contributed by atoms with Crippen LogP contribution in [0.25, 0.3) is 0 Å². The van der Waals surface area contributed by atoms with Crippen molar-refractivity contribution in [3.8, 4) is 0 Å². The van der Waals surface area contributed by atoms with E-state index in [0.717, 1.165) is 6.34 Å². The minimum absolute atomic E-state index is 0. The molecule has 9 heteroatoms. The second kappa shape index (κ2) is 17.6. The van der Waals surface area contributed by atoms with Gasteiger partial charge < -0.3 is 0 Å². The Labute approximate surface area is 183 Å². The molecular weight excluding hydrogens is 1010 g/mol. The summed E-state index contributed by atoms with van der Waals surface area (Å²) >= 11 is 10.2. The second-order valence-electron chi connectivity index (χ2n) is 0.621. The zero-order valence-corrected chi connectivity index (χ0v) is 26.9. The molecule has 0 aromatic carbocycles. The van der Waals surface area contributed by atoms with E-state index in [0.29, 0.717) is 0 Å². The van der Waals surface area contributed by atoms with Crippen LogP contribution in [0, 0.1) is 0 Å². The monoisotopic (exact) mass is 1010 g/mol. The fourth-order valence-corrected chi connectivity index (χ4v) is 0. The van der Waals surface area contributed by atoms with Crippen molar-refractivity contribution >= 4 is 111 Å². The van der Waals surface area contributed by atoms with Crippen molar-refractivity contribution in [2.24, 2.45) is 5.73 Å². The molecule has 0 heterocycles. The molecule has 2 radical (unpaired) electrons. The van der Waals surface area contributed by atoms with Crippen LogP contribution in [0.3, 0.4) is 0 Å². The van der Waals surface area contributed by atoms with Crippen molar-refractivity contribution in [3.63, 3.8) is 0 Å². The summed E-state index contributed by atoms with van der Waals surface area (Å²) in [6.07, 6.45) is 1.00. The first kappa shape index (κ1) is 25.1. The van der Waals surface area contributed by atoms with E-state index in [2.05, 4.69) is 85.7 Å². The van der Waals surface area contributed by atoms with Crippen molar-refractivity contribution in [2.75, 3.05) is 0 Å². The Bertz CT molecular complexity index is 62.8. The van der Waals surface area contributed by atoms with Gasteiger partial charge in [0, 0.05) is 0 Å². The largest absolute Gasteiger partial charge is 2.00 e. The Hall–Kier alpha value is 6.16. The average molecular weight is 1010 g/mol. The molecule has 0 aliphatic heterocycles. The minimum atomic E-state index is -1.30. The molecule has 0 unspecified atom stereocenters. The van der Waals surface area contributed by atoms with Gasteiger partial charge in [-0.05, 0) is 0 Å². The summed E-state index contributed by atoms with van der Waals surface area (Å²) in [6.45, 7) is 0. The molecule has 0 rings (SSSR count). The molecule has 0 amide bonds. The zero-order valence-electron chi connectivity index (χ0n) is 5.24. The molecule has 0 saturated heterocycles. The van der Waals surface area contributed by atoms with E-state index in [1.807, 2.05) is 0 Å². The van der Waals surface area contributed by atoms with E-state index < -0.39 is 2.50 Å². The molecule has 0 saturated carbocycles. The smallest absolute Gasteiger partial charge is 2.00 e. The predicted molar refractivity (Wildman–Crippen MR) is 79.8 cm³/mol. The molecule has 0 aliphatic carbocycles. The first-order valence-corrected chi connectivity index (χ1v) is 34.7. The molecule has 4 N–H and O–H groups in total. The minimum Gasteiger partial charge on any atom is 2.00 e. The van der Waals surface area contributed by atoms with E-state index in [9.17, 15) is 0 Å². The van der Waals surface area contributed by atoms with Gasteiger partial charge in [-0.3, -0.25) is 11.1 Å². The van der Waals surface area contributed by atoms with E-state index in [1.165, 1.54) is 0 Å². The Morgan fingerprint density at radius 1 is 1.20 bits per heavy atom. The average Bonchev–Trinajstić information content (AvgIpc) is 1.27. The first-order chi connectivity index (χ1) is 3.41. The maximum Gasteiger partial charge on any atom is 2.00 e. The van der Waals surface area contributed by atoms with Crippen LogP contribution in [-0.2, 0) is 0 Å². The van der Waals surface area contributed by atoms with Gasteiger partial charge in [-0.15, -0.1) is 0 Å². The molecule has 0 aliphatic rings. The number of hydrogen-bond donors (Lipinski definition) is 2. The summed E-state index contributed by atoms with van der Waals surface area (Å²) in [4.78, 5) is 0. The fraction of sp³-hybridized carbons (Fsp3) is 0. The van der Waals surface area contributed by atoms with Gasteiger partial charge in [-0.25, -0.2) is 0 Å². The van der Waals surface area contributed by atoms with Gasteiger partial charge >= 0.3 is 173 Å². The van der Waals surface area contributed by atoms with Crippen LogP contribution < -0.4 is 80.0 Å². The van der Waals surface area contributed by atoms with E-state index in [1.54, 1.807) is 0 Å². The van der Waals surface area contributed by atoms with Crippen LogP contribution in [0.15, 0.2) is 0 Å². The number of rotatable bonds is 0. The van der Waals surface area contributed by atoms with Crippen molar-refractivity contribution in [3.05, 3.63) is 0 Å². The number of halogens is 4. The van der Waals surface area contributed by atoms with Gasteiger partial charge in [-0.1, -0.05) is 0 Å². The summed E-state index contributed by atoms with van der Waals surface area (Å²) in [6, 6.07) is 0. The third-order valence-electron chi connectivity index (χ3n) is 0. The SMILES string of the molecule is NC=[NH2+].[Cs+].[I][Sn]([I])([I])[I].[Pb+2]. The summed E-state index contributed by atoms with van der Waals surface area (Å²) < 4.78 is -1.30. The van der Waals surface area contributed by atoms with Crippen LogP contribution >= 0.6 is 74.5 Å². The van der Waals surface area contributed by atoms with Crippen LogP contribution in [0.2, 0.25) is 0 Å². The van der Waals surface area contributed by atoms with Crippen molar-refractivity contribution in [1.82, 2.24) is 0 Å². The fourth-order valence-electron chi connectivity index (χ4n) is 0. The molecule has 0 aromatic rings. The molecular formula is CH5CsI4N2PbSn+4. The zero-order chi connectivity index (χ0) is 7.21. The third kappa shape index (κ3) is 64.6. The molecule has 0 bridgehead atoms. The molecule has 10 heavy (non-hydrogen) atoms. The van der Waals surface area contributed by atoms with Gasteiger partial charge in [0.05, 0.1) is 0 Å². The van der Waals surface area contributed by atoms with E-state index in [-0.39, 0.29) is 96.2 Å². The standard InChI is InChI=1S/CH4N2.Cs.4HI.Pb.Sn/c2-1-3;;;;;;;/h1H,(H3,2,3);;4*1H;;/q;+1;;;;;+2;+4/p-3. The van der Waals surface area contributed by atoms with Crippen LogP contribution in [-0.4, -0.2) is 36.1 Å². The second-order valence-corrected chi connectivity index (χ2v) is 130. The van der Waals surface area contributed by atoms with Crippen LogP contribution in [0.5, 0.6) is 0 Å². The van der Waals surface area contributed by atoms with Crippen LogP contribution in [0.4, 0.5) is 0 Å². The van der Waals surface area contributed by atoms with Crippen molar-refractivity contribution in [1.29, 1.82) is 0 Å². The Morgan fingerprint density at radius 2 is 1.20 bits per heavy atom. The predicted octanol–water partition coefficient (Wildman–Crippen LogP) is -2.48. The van der Waals surface area contributed by atoms with Gasteiger partial charge in [0.25, 0.3) is 0 Å². The summed E-state index contributed by atoms with van der Waals surface area (Å²) in [7, 11) is 0. The Morgan fingerprint density at radius 3 is 1.20 bits per heavy atom. The van der Waals surface area contributed by atoms with Crippen molar-refractivity contribution in [2.45, 2.75) is 0 Å². The molecule has 2 nitrogen and oxygen atoms in total. The van der Waals surface area contributed by atoms with E-state index >= 15 is 0 Å². The van der Waals surface area contributed by atoms with Crippen LogP contribution in [0.1, 0.15) is 0 Å². The number of hydrogen-bond acceptors (Lipinski definition) is 0. The topological polar surface area (TPSA) is 51.6 Å². The molecule has 0 spiro atoms. The molecule has 0 fully saturated rings. The summed E-state index contributed by atoms with van der Waals surface area (Å²) in [5.74, 6) is 0. The molecule has 52 valence electrons.